The Bertz CT molecular complexity index is 1090. The lowest BCUT2D eigenvalue weighted by molar-refractivity contribution is -0.691. The van der Waals surface area contributed by atoms with Crippen molar-refractivity contribution in [1.82, 2.24) is 0 Å². The van der Waals surface area contributed by atoms with Crippen molar-refractivity contribution in [1.29, 1.82) is 0 Å². The zero-order chi connectivity index (χ0) is 22.4. The van der Waals surface area contributed by atoms with Crippen molar-refractivity contribution in [2.24, 2.45) is 0 Å². The molecule has 0 radical (unpaired) electrons. The Morgan fingerprint density at radius 3 is 2.09 bits per heavy atom. The minimum Gasteiger partial charge on any atom is -1.00 e. The van der Waals surface area contributed by atoms with Gasteiger partial charge in [0.2, 0.25) is 6.54 Å². The normalized spacial score (nSPS) is 10.3. The van der Waals surface area contributed by atoms with Crippen molar-refractivity contribution in [2.45, 2.75) is 19.9 Å². The Balaban J connectivity index is 0.00000363. The number of nitrogens with zero attached hydrogens (tertiary/aromatic N) is 1. The summed E-state index contributed by atoms with van der Waals surface area (Å²) in [5.74, 6) is 2.29. The Kier molecular flexibility index (Phi) is 8.96. The second-order valence-corrected chi connectivity index (χ2v) is 6.86. The highest BCUT2D eigenvalue weighted by molar-refractivity contribution is 5.87. The molecule has 0 saturated heterocycles. The van der Waals surface area contributed by atoms with E-state index in [4.69, 9.17) is 23.7 Å². The maximum atomic E-state index is 12.2. The average Bonchev–Trinajstić information content (AvgIpc) is 2.79. The van der Waals surface area contributed by atoms with E-state index in [-0.39, 0.29) is 24.9 Å². The number of carbonyl (C=O) groups excluding carboxylic acids is 1. The largest absolute Gasteiger partial charge is 1.00 e. The highest BCUT2D eigenvalue weighted by atomic mass is 35.5. The van der Waals surface area contributed by atoms with E-state index in [1.807, 2.05) is 47.2 Å². The summed E-state index contributed by atoms with van der Waals surface area (Å²) in [5, 5.41) is 1.94. The van der Waals surface area contributed by atoms with E-state index in [2.05, 4.69) is 0 Å². The van der Waals surface area contributed by atoms with Gasteiger partial charge in [0.15, 0.2) is 34.9 Å². The van der Waals surface area contributed by atoms with Gasteiger partial charge in [0.05, 0.1) is 46.9 Å². The molecule has 0 unspecified atom stereocenters. The fraction of sp³-hybridized carbons (Fsp3) is 0.333. The third-order valence-corrected chi connectivity index (χ3v) is 5.07. The topological polar surface area (TPSA) is 67.1 Å². The minimum absolute atomic E-state index is 0. The number of methoxy groups -OCH3 is 4. The third-order valence-electron chi connectivity index (χ3n) is 5.07. The van der Waals surface area contributed by atoms with E-state index in [0.29, 0.717) is 36.0 Å². The van der Waals surface area contributed by atoms with Gasteiger partial charge in [-0.05, 0) is 42.1 Å². The van der Waals surface area contributed by atoms with Crippen LogP contribution in [0.2, 0.25) is 0 Å². The van der Waals surface area contributed by atoms with Crippen LogP contribution in [0.5, 0.6) is 23.0 Å². The first-order valence-electron chi connectivity index (χ1n) is 9.98. The molecule has 3 aromatic rings. The highest BCUT2D eigenvalue weighted by Gasteiger charge is 2.22. The Hall–Kier alpha value is -3.19. The number of aromatic nitrogens is 1. The molecule has 1 aromatic heterocycles. The van der Waals surface area contributed by atoms with Gasteiger partial charge in [-0.15, -0.1) is 0 Å². The number of esters is 1. The maximum Gasteiger partial charge on any atom is 0.372 e. The van der Waals surface area contributed by atoms with Gasteiger partial charge < -0.3 is 36.1 Å². The Labute approximate surface area is 194 Å². The summed E-state index contributed by atoms with van der Waals surface area (Å²) in [5.41, 5.74) is 1.95. The van der Waals surface area contributed by atoms with Gasteiger partial charge in [-0.25, -0.2) is 4.79 Å². The van der Waals surface area contributed by atoms with Gasteiger partial charge in [0.25, 0.3) is 0 Å². The van der Waals surface area contributed by atoms with Gasteiger partial charge >= 0.3 is 5.97 Å². The summed E-state index contributed by atoms with van der Waals surface area (Å²) < 4.78 is 28.8. The molecule has 0 aliphatic rings. The first kappa shape index (κ1) is 25.1. The van der Waals surface area contributed by atoms with E-state index in [1.165, 1.54) is 0 Å². The molecule has 0 aliphatic carbocycles. The first-order chi connectivity index (χ1) is 15.0. The number of fused-ring (bicyclic) bond motifs is 1. The van der Waals surface area contributed by atoms with Crippen LogP contribution in [0.15, 0.2) is 42.6 Å². The van der Waals surface area contributed by atoms with Crippen LogP contribution in [0, 0.1) is 0 Å². The average molecular weight is 462 g/mol. The molecule has 8 heteroatoms. The molecule has 0 spiro atoms. The molecule has 0 aliphatic heterocycles. The summed E-state index contributed by atoms with van der Waals surface area (Å²) in [6.07, 6.45) is 2.45. The molecule has 32 heavy (non-hydrogen) atoms. The van der Waals surface area contributed by atoms with Crippen molar-refractivity contribution in [3.63, 3.8) is 0 Å². The summed E-state index contributed by atoms with van der Waals surface area (Å²) in [4.78, 5) is 12.2. The van der Waals surface area contributed by atoms with Crippen LogP contribution in [0.25, 0.3) is 10.8 Å². The smallest absolute Gasteiger partial charge is 0.372 e. The molecule has 0 bridgehead atoms. The Morgan fingerprint density at radius 1 is 0.844 bits per heavy atom. The molecular weight excluding hydrogens is 434 g/mol. The number of hydrogen-bond donors (Lipinski definition) is 0. The Morgan fingerprint density at radius 2 is 1.47 bits per heavy atom. The third kappa shape index (κ3) is 5.34. The van der Waals surface area contributed by atoms with Crippen LogP contribution >= 0.6 is 0 Å². The summed E-state index contributed by atoms with van der Waals surface area (Å²) in [7, 11) is 6.43. The predicted octanol–water partition coefficient (Wildman–Crippen LogP) is 0.320. The summed E-state index contributed by atoms with van der Waals surface area (Å²) in [6.45, 7) is 2.24. The van der Waals surface area contributed by atoms with Crippen LogP contribution < -0.4 is 35.9 Å². The van der Waals surface area contributed by atoms with Gasteiger partial charge in [0, 0.05) is 6.07 Å². The van der Waals surface area contributed by atoms with Crippen molar-refractivity contribution in [3.05, 3.63) is 53.9 Å². The van der Waals surface area contributed by atoms with Gasteiger partial charge in [-0.2, -0.15) is 4.57 Å². The monoisotopic (exact) mass is 461 g/mol. The van der Waals surface area contributed by atoms with E-state index in [1.54, 1.807) is 35.4 Å². The van der Waals surface area contributed by atoms with E-state index < -0.39 is 0 Å². The number of halogens is 1. The molecular formula is C24H28ClNO6. The zero-order valence-electron chi connectivity index (χ0n) is 18.9. The number of benzene rings is 2. The lowest BCUT2D eigenvalue weighted by Gasteiger charge is -2.13. The van der Waals surface area contributed by atoms with E-state index in [9.17, 15) is 4.79 Å². The van der Waals surface area contributed by atoms with Crippen LogP contribution in [0.1, 0.15) is 18.2 Å². The molecule has 0 fully saturated rings. The second kappa shape index (κ2) is 11.4. The van der Waals surface area contributed by atoms with Gasteiger partial charge in [-0.1, -0.05) is 6.07 Å². The molecule has 2 aromatic carbocycles. The molecule has 7 nitrogen and oxygen atoms in total. The summed E-state index contributed by atoms with van der Waals surface area (Å²) >= 11 is 0. The minimum atomic E-state index is -0.291. The van der Waals surface area contributed by atoms with Gasteiger partial charge in [-0.3, -0.25) is 0 Å². The molecule has 0 saturated carbocycles. The van der Waals surface area contributed by atoms with Gasteiger partial charge in [0.1, 0.15) is 0 Å². The maximum absolute atomic E-state index is 12.2. The fourth-order valence-electron chi connectivity index (χ4n) is 3.57. The standard InChI is InChI=1S/C24H28NO6.ClH/c1-6-31-24(26)15-25-10-9-17-13-22(29-4)23(30-5)14-18(17)19(25)11-16-7-8-20(27-2)21(12-16)28-3;/h7-10,12-14H,6,11,15H2,1-5H3;1H/q+1;/p-1. The van der Waals surface area contributed by atoms with Crippen LogP contribution in [-0.4, -0.2) is 41.0 Å². The second-order valence-electron chi connectivity index (χ2n) is 6.86. The van der Waals surface area contributed by atoms with E-state index in [0.717, 1.165) is 22.0 Å². The number of carbonyl (C=O) groups is 1. The lowest BCUT2D eigenvalue weighted by Crippen LogP contribution is -3.00. The number of pyridine rings is 1. The number of rotatable bonds is 9. The fourth-order valence-corrected chi connectivity index (χ4v) is 3.57. The molecule has 0 amide bonds. The SMILES string of the molecule is CCOC(=O)C[n+]1ccc2cc(OC)c(OC)cc2c1Cc1ccc(OC)c(OC)c1.[Cl-]. The van der Waals surface area contributed by atoms with Crippen molar-refractivity contribution in [2.75, 3.05) is 35.0 Å². The van der Waals surface area contributed by atoms with Crippen LogP contribution in [-0.2, 0) is 22.5 Å². The molecule has 172 valence electrons. The van der Waals surface area contributed by atoms with Crippen LogP contribution in [0.4, 0.5) is 0 Å². The number of ether oxygens (including phenoxy) is 5. The molecule has 0 N–H and O–H groups in total. The number of hydrogen-bond acceptors (Lipinski definition) is 6. The molecule has 0 atom stereocenters. The highest BCUT2D eigenvalue weighted by Crippen LogP contribution is 2.34. The van der Waals surface area contributed by atoms with Crippen molar-refractivity contribution in [3.8, 4) is 23.0 Å². The molecule has 3 rings (SSSR count). The summed E-state index contributed by atoms with van der Waals surface area (Å²) in [6, 6.07) is 11.6. The van der Waals surface area contributed by atoms with Crippen molar-refractivity contribution >= 4 is 16.7 Å². The van der Waals surface area contributed by atoms with E-state index >= 15 is 0 Å². The predicted molar refractivity (Wildman–Crippen MR) is 116 cm³/mol. The van der Waals surface area contributed by atoms with Crippen LogP contribution in [0.3, 0.4) is 0 Å². The zero-order valence-corrected chi connectivity index (χ0v) is 19.7. The van der Waals surface area contributed by atoms with Crippen molar-refractivity contribution < 1.29 is 45.5 Å². The quantitative estimate of drug-likeness (QED) is 0.338. The molecule has 1 heterocycles. The first-order valence-corrected chi connectivity index (χ1v) is 9.98. The lowest BCUT2D eigenvalue weighted by atomic mass is 10.0.